The number of aromatic nitrogens is 2. The Hall–Kier alpha value is -4.25. The molecule has 35 heavy (non-hydrogen) atoms. The third-order valence-electron chi connectivity index (χ3n) is 5.05. The number of benzene rings is 2. The molecule has 1 amide bonds. The molecule has 0 aliphatic heterocycles. The van der Waals surface area contributed by atoms with Gasteiger partial charge in [-0.3, -0.25) is 9.59 Å². The predicted octanol–water partition coefficient (Wildman–Crippen LogP) is 4.03. The number of thiophene rings is 1. The van der Waals surface area contributed by atoms with Crippen LogP contribution in [0.1, 0.15) is 27.8 Å². The highest BCUT2D eigenvalue weighted by molar-refractivity contribution is 7.16. The smallest absolute Gasteiger partial charge is 0.359 e. The topological polar surface area (TPSA) is 109 Å². The van der Waals surface area contributed by atoms with E-state index >= 15 is 0 Å². The summed E-state index contributed by atoms with van der Waals surface area (Å²) in [6.45, 7) is 1.73. The van der Waals surface area contributed by atoms with Gasteiger partial charge in [0.1, 0.15) is 22.3 Å². The number of carbonyl (C=O) groups is 2. The molecule has 0 aliphatic rings. The molecule has 0 spiro atoms. The van der Waals surface area contributed by atoms with Crippen LogP contribution in [0.3, 0.4) is 0 Å². The number of hydrogen-bond donors (Lipinski definition) is 1. The Morgan fingerprint density at radius 2 is 1.94 bits per heavy atom. The van der Waals surface area contributed by atoms with Crippen LogP contribution in [0.4, 0.5) is 9.39 Å². The number of fused-ring (bicyclic) bond motifs is 1. The molecule has 9 nitrogen and oxygen atoms in total. The second-order valence-corrected chi connectivity index (χ2v) is 8.02. The van der Waals surface area contributed by atoms with Gasteiger partial charge >= 0.3 is 5.97 Å². The predicted molar refractivity (Wildman–Crippen MR) is 129 cm³/mol. The largest absolute Gasteiger partial charge is 0.497 e. The molecule has 0 unspecified atom stereocenters. The zero-order valence-electron chi connectivity index (χ0n) is 19.0. The first-order valence-corrected chi connectivity index (χ1v) is 11.3. The van der Waals surface area contributed by atoms with E-state index in [1.54, 1.807) is 19.1 Å². The number of halogens is 1. The third kappa shape index (κ3) is 4.58. The number of nitrogens with zero attached hydrogens (tertiary/aromatic N) is 2. The van der Waals surface area contributed by atoms with Crippen molar-refractivity contribution in [2.45, 2.75) is 6.92 Å². The summed E-state index contributed by atoms with van der Waals surface area (Å²) in [6, 6.07) is 9.91. The van der Waals surface area contributed by atoms with Crippen molar-refractivity contribution < 1.29 is 28.2 Å². The highest BCUT2D eigenvalue weighted by Gasteiger charge is 2.24. The van der Waals surface area contributed by atoms with E-state index in [2.05, 4.69) is 10.4 Å². The van der Waals surface area contributed by atoms with E-state index in [0.29, 0.717) is 5.75 Å². The van der Waals surface area contributed by atoms with E-state index in [1.807, 2.05) is 0 Å². The molecule has 4 aromatic rings. The first-order chi connectivity index (χ1) is 16.9. The summed E-state index contributed by atoms with van der Waals surface area (Å²) in [5.74, 6) is -1.11. The number of anilines is 1. The van der Waals surface area contributed by atoms with Gasteiger partial charge in [0.05, 0.1) is 37.5 Å². The van der Waals surface area contributed by atoms with E-state index in [0.717, 1.165) is 22.1 Å². The second kappa shape index (κ2) is 9.94. The summed E-state index contributed by atoms with van der Waals surface area (Å²) in [7, 11) is 2.91. The Morgan fingerprint density at radius 3 is 2.63 bits per heavy atom. The van der Waals surface area contributed by atoms with Crippen LogP contribution in [0.5, 0.6) is 11.5 Å². The Labute approximate surface area is 202 Å². The molecular formula is C24H20FN3O6S. The van der Waals surface area contributed by atoms with Gasteiger partial charge in [0.2, 0.25) is 0 Å². The molecule has 0 bridgehead atoms. The molecular weight excluding hydrogens is 477 g/mol. The SMILES string of the molecule is CCOC(=O)c1nn(-c2cccc(F)c2)c(=O)c2c(NC(=O)c3ccc(OC)cc3OC)scc12. The molecule has 2 heterocycles. The van der Waals surface area contributed by atoms with Gasteiger partial charge in [-0.1, -0.05) is 6.07 Å². The van der Waals surface area contributed by atoms with Crippen molar-refractivity contribution in [2.75, 3.05) is 26.1 Å². The lowest BCUT2D eigenvalue weighted by molar-refractivity contribution is 0.0520. The summed E-state index contributed by atoms with van der Waals surface area (Å²) in [5.41, 5.74) is -0.455. The zero-order valence-corrected chi connectivity index (χ0v) is 19.8. The summed E-state index contributed by atoms with van der Waals surface area (Å²) in [6.07, 6.45) is 0. The monoisotopic (exact) mass is 497 g/mol. The number of hydrogen-bond acceptors (Lipinski definition) is 8. The quantitative estimate of drug-likeness (QED) is 0.384. The van der Waals surface area contributed by atoms with Gasteiger partial charge in [-0.15, -0.1) is 11.3 Å². The molecule has 0 radical (unpaired) electrons. The highest BCUT2D eigenvalue weighted by Crippen LogP contribution is 2.32. The van der Waals surface area contributed by atoms with E-state index < -0.39 is 23.3 Å². The maximum atomic E-state index is 13.9. The Kier molecular flexibility index (Phi) is 6.78. The number of amides is 1. The van der Waals surface area contributed by atoms with Crippen LogP contribution in [0.25, 0.3) is 16.5 Å². The lowest BCUT2D eigenvalue weighted by atomic mass is 10.1. The summed E-state index contributed by atoms with van der Waals surface area (Å²) >= 11 is 1.05. The molecule has 0 saturated heterocycles. The minimum Gasteiger partial charge on any atom is -0.497 e. The van der Waals surface area contributed by atoms with Crippen LogP contribution in [-0.4, -0.2) is 42.5 Å². The van der Waals surface area contributed by atoms with Crippen molar-refractivity contribution >= 4 is 39.0 Å². The van der Waals surface area contributed by atoms with Gasteiger partial charge in [0, 0.05) is 16.8 Å². The molecule has 2 aromatic carbocycles. The first kappa shape index (κ1) is 23.9. The summed E-state index contributed by atoms with van der Waals surface area (Å²) in [5, 5.41) is 8.84. The van der Waals surface area contributed by atoms with Gasteiger partial charge in [-0.25, -0.2) is 9.18 Å². The number of rotatable bonds is 7. The maximum Gasteiger partial charge on any atom is 0.359 e. The van der Waals surface area contributed by atoms with Gasteiger partial charge in [-0.2, -0.15) is 9.78 Å². The lowest BCUT2D eigenvalue weighted by Crippen LogP contribution is -2.25. The Morgan fingerprint density at radius 1 is 1.14 bits per heavy atom. The van der Waals surface area contributed by atoms with Crippen molar-refractivity contribution in [2.24, 2.45) is 0 Å². The Bertz CT molecular complexity index is 1500. The normalized spacial score (nSPS) is 10.7. The van der Waals surface area contributed by atoms with E-state index in [1.165, 1.54) is 43.9 Å². The number of carbonyl (C=O) groups excluding carboxylic acids is 2. The van der Waals surface area contributed by atoms with Crippen molar-refractivity contribution in [3.8, 4) is 17.2 Å². The number of methoxy groups -OCH3 is 2. The molecule has 0 saturated carbocycles. The first-order valence-electron chi connectivity index (χ1n) is 10.4. The molecule has 0 fully saturated rings. The average molecular weight is 498 g/mol. The summed E-state index contributed by atoms with van der Waals surface area (Å²) in [4.78, 5) is 39.1. The van der Waals surface area contributed by atoms with E-state index in [-0.39, 0.29) is 45.1 Å². The van der Waals surface area contributed by atoms with E-state index in [4.69, 9.17) is 14.2 Å². The standard InChI is InChI=1S/C24H20FN3O6S/c1-4-34-24(31)20-17-12-35-22(26-21(29)16-9-8-15(32-2)11-18(16)33-3)19(17)23(30)28(27-20)14-7-5-6-13(25)10-14/h5-12H,4H2,1-3H3,(H,26,29). The average Bonchev–Trinajstić information content (AvgIpc) is 3.27. The van der Waals surface area contributed by atoms with Crippen LogP contribution in [0.15, 0.2) is 52.6 Å². The van der Waals surface area contributed by atoms with E-state index in [9.17, 15) is 18.8 Å². The molecule has 2 aromatic heterocycles. The third-order valence-corrected chi connectivity index (χ3v) is 5.95. The van der Waals surface area contributed by atoms with Crippen LogP contribution >= 0.6 is 11.3 Å². The zero-order chi connectivity index (χ0) is 25.1. The molecule has 0 atom stereocenters. The molecule has 1 N–H and O–H groups in total. The van der Waals surface area contributed by atoms with Crippen molar-refractivity contribution in [1.29, 1.82) is 0 Å². The van der Waals surface area contributed by atoms with Crippen LogP contribution in [0, 0.1) is 5.82 Å². The van der Waals surface area contributed by atoms with Crippen LogP contribution in [0.2, 0.25) is 0 Å². The lowest BCUT2D eigenvalue weighted by Gasteiger charge is -2.11. The second-order valence-electron chi connectivity index (χ2n) is 7.14. The van der Waals surface area contributed by atoms with Crippen molar-refractivity contribution in [3.05, 3.63) is 75.3 Å². The fraction of sp³-hybridized carbons (Fsp3) is 0.167. The van der Waals surface area contributed by atoms with Crippen LogP contribution in [-0.2, 0) is 4.74 Å². The van der Waals surface area contributed by atoms with Crippen molar-refractivity contribution in [3.63, 3.8) is 0 Å². The van der Waals surface area contributed by atoms with Gasteiger partial charge in [0.25, 0.3) is 11.5 Å². The molecule has 0 aliphatic carbocycles. The number of ether oxygens (including phenoxy) is 3. The van der Waals surface area contributed by atoms with Gasteiger partial charge in [0.15, 0.2) is 5.69 Å². The highest BCUT2D eigenvalue weighted by atomic mass is 32.1. The summed E-state index contributed by atoms with van der Waals surface area (Å²) < 4.78 is 30.3. The fourth-order valence-electron chi connectivity index (χ4n) is 3.43. The number of esters is 1. The van der Waals surface area contributed by atoms with Gasteiger partial charge < -0.3 is 19.5 Å². The van der Waals surface area contributed by atoms with Gasteiger partial charge in [-0.05, 0) is 37.3 Å². The molecule has 11 heteroatoms. The van der Waals surface area contributed by atoms with Crippen LogP contribution < -0.4 is 20.3 Å². The minimum atomic E-state index is -0.754. The minimum absolute atomic E-state index is 0.0399. The molecule has 4 rings (SSSR count). The fourth-order valence-corrected chi connectivity index (χ4v) is 4.36. The number of nitrogens with one attached hydrogen (secondary N) is 1. The molecule has 180 valence electrons. The van der Waals surface area contributed by atoms with Crippen molar-refractivity contribution in [1.82, 2.24) is 9.78 Å². The maximum absolute atomic E-state index is 13.9. The Balaban J connectivity index is 1.86.